The molecule has 0 radical (unpaired) electrons. The van der Waals surface area contributed by atoms with Crippen molar-refractivity contribution in [1.29, 1.82) is 0 Å². The number of rotatable bonds is 3. The number of nitrogens with one attached hydrogen (secondary N) is 1. The van der Waals surface area contributed by atoms with Crippen LogP contribution in [0.1, 0.15) is 21.4 Å². The molecule has 2 rings (SSSR count). The summed E-state index contributed by atoms with van der Waals surface area (Å²) in [4.78, 5) is 2.42. The zero-order chi connectivity index (χ0) is 12.6. The molecule has 0 amide bonds. The summed E-state index contributed by atoms with van der Waals surface area (Å²) in [5, 5.41) is 6.29. The Bertz CT molecular complexity index is 516. The van der Waals surface area contributed by atoms with Gasteiger partial charge in [0.15, 0.2) is 0 Å². The molecule has 1 nitrogen and oxygen atoms in total. The highest BCUT2D eigenvalue weighted by Crippen LogP contribution is 2.41. The average Bonchev–Trinajstić information content (AvgIpc) is 2.78. The number of hydrogen-bond acceptors (Lipinski definition) is 3. The third-order valence-corrected chi connectivity index (χ3v) is 7.52. The van der Waals surface area contributed by atoms with Crippen LogP contribution in [0.25, 0.3) is 0 Å². The molecule has 2 aromatic heterocycles. The van der Waals surface area contributed by atoms with Gasteiger partial charge in [-0.1, -0.05) is 11.6 Å². The van der Waals surface area contributed by atoms with E-state index in [1.165, 1.54) is 9.75 Å². The molecule has 0 spiro atoms. The van der Waals surface area contributed by atoms with E-state index in [9.17, 15) is 0 Å². The standard InChI is InChI=1S/C11H10Br2ClNS2/c1-5-4-16-10(8(5)14)9(15-2)7-3-6(12)11(13)17-7/h3-4,9,15H,1-2H3. The van der Waals surface area contributed by atoms with E-state index in [1.807, 2.05) is 14.0 Å². The van der Waals surface area contributed by atoms with Crippen LogP contribution in [0.3, 0.4) is 0 Å². The monoisotopic (exact) mass is 413 g/mol. The van der Waals surface area contributed by atoms with Crippen molar-refractivity contribution in [2.45, 2.75) is 13.0 Å². The second-order valence-electron chi connectivity index (χ2n) is 3.59. The van der Waals surface area contributed by atoms with Crippen LogP contribution in [0.2, 0.25) is 5.02 Å². The number of aryl methyl sites for hydroxylation is 1. The molecule has 1 atom stereocenters. The molecule has 0 aromatic carbocycles. The molecule has 0 aliphatic rings. The molecule has 2 aromatic rings. The summed E-state index contributed by atoms with van der Waals surface area (Å²) in [6.45, 7) is 2.04. The molecule has 0 saturated heterocycles. The fraction of sp³-hybridized carbons (Fsp3) is 0.273. The molecule has 0 aliphatic heterocycles. The lowest BCUT2D eigenvalue weighted by atomic mass is 10.2. The molecule has 2 heterocycles. The molecular formula is C11H10Br2ClNS2. The molecular weight excluding hydrogens is 406 g/mol. The fourth-order valence-corrected chi connectivity index (χ4v) is 5.27. The Balaban J connectivity index is 2.43. The van der Waals surface area contributed by atoms with Crippen LogP contribution in [0, 0.1) is 6.92 Å². The van der Waals surface area contributed by atoms with Crippen LogP contribution >= 0.6 is 66.1 Å². The van der Waals surface area contributed by atoms with Gasteiger partial charge in [-0.25, -0.2) is 0 Å². The van der Waals surface area contributed by atoms with Crippen molar-refractivity contribution >= 4 is 66.1 Å². The van der Waals surface area contributed by atoms with Gasteiger partial charge >= 0.3 is 0 Å². The Morgan fingerprint density at radius 1 is 1.41 bits per heavy atom. The van der Waals surface area contributed by atoms with Crippen molar-refractivity contribution in [3.8, 4) is 0 Å². The lowest BCUT2D eigenvalue weighted by Gasteiger charge is -2.13. The third-order valence-electron chi connectivity index (χ3n) is 2.42. The normalized spacial score (nSPS) is 13.0. The molecule has 1 N–H and O–H groups in total. The van der Waals surface area contributed by atoms with Crippen molar-refractivity contribution in [2.75, 3.05) is 7.05 Å². The van der Waals surface area contributed by atoms with Crippen LogP contribution in [-0.2, 0) is 0 Å². The molecule has 17 heavy (non-hydrogen) atoms. The van der Waals surface area contributed by atoms with Crippen molar-refractivity contribution < 1.29 is 0 Å². The Morgan fingerprint density at radius 3 is 2.53 bits per heavy atom. The topological polar surface area (TPSA) is 12.0 Å². The quantitative estimate of drug-likeness (QED) is 0.687. The van der Waals surface area contributed by atoms with Crippen LogP contribution in [-0.4, -0.2) is 7.05 Å². The van der Waals surface area contributed by atoms with E-state index in [-0.39, 0.29) is 6.04 Å². The first-order valence-electron chi connectivity index (χ1n) is 4.90. The van der Waals surface area contributed by atoms with Gasteiger partial charge in [-0.2, -0.15) is 0 Å². The van der Waals surface area contributed by atoms with Crippen molar-refractivity contribution in [3.05, 3.63) is 40.0 Å². The van der Waals surface area contributed by atoms with Gasteiger partial charge in [-0.15, -0.1) is 22.7 Å². The van der Waals surface area contributed by atoms with Gasteiger partial charge in [0.2, 0.25) is 0 Å². The van der Waals surface area contributed by atoms with Crippen LogP contribution in [0.5, 0.6) is 0 Å². The maximum Gasteiger partial charge on any atom is 0.0843 e. The van der Waals surface area contributed by atoms with E-state index >= 15 is 0 Å². The molecule has 0 bridgehead atoms. The summed E-state index contributed by atoms with van der Waals surface area (Å²) in [5.74, 6) is 0. The second-order valence-corrected chi connectivity index (χ2v) is 8.13. The summed E-state index contributed by atoms with van der Waals surface area (Å²) in [6, 6.07) is 2.29. The fourth-order valence-electron chi connectivity index (χ4n) is 1.55. The van der Waals surface area contributed by atoms with Crippen molar-refractivity contribution in [3.63, 3.8) is 0 Å². The molecule has 0 fully saturated rings. The number of hydrogen-bond donors (Lipinski definition) is 1. The van der Waals surface area contributed by atoms with E-state index in [4.69, 9.17) is 11.6 Å². The molecule has 6 heteroatoms. The van der Waals surface area contributed by atoms with Crippen molar-refractivity contribution in [1.82, 2.24) is 5.32 Å². The zero-order valence-corrected chi connectivity index (χ0v) is 14.7. The summed E-state index contributed by atoms with van der Waals surface area (Å²) in [6.07, 6.45) is 0. The predicted octanol–water partition coefficient (Wildman–Crippen LogP) is 5.61. The average molecular weight is 416 g/mol. The van der Waals surface area contributed by atoms with E-state index in [0.717, 1.165) is 18.8 Å². The van der Waals surface area contributed by atoms with Gasteiger partial charge in [0, 0.05) is 14.2 Å². The molecule has 92 valence electrons. The van der Waals surface area contributed by atoms with Gasteiger partial charge in [-0.3, -0.25) is 0 Å². The highest BCUT2D eigenvalue weighted by Gasteiger charge is 2.21. The Hall–Kier alpha value is 0.610. The highest BCUT2D eigenvalue weighted by molar-refractivity contribution is 9.13. The minimum absolute atomic E-state index is 0.161. The first kappa shape index (κ1) is 14.0. The maximum atomic E-state index is 6.33. The first-order chi connectivity index (χ1) is 8.04. The Morgan fingerprint density at radius 2 is 2.12 bits per heavy atom. The smallest absolute Gasteiger partial charge is 0.0843 e. The predicted molar refractivity (Wildman–Crippen MR) is 84.7 cm³/mol. The Labute approximate surface area is 130 Å². The van der Waals surface area contributed by atoms with Gasteiger partial charge in [0.25, 0.3) is 0 Å². The Kier molecular flexibility index (Phi) is 4.72. The first-order valence-corrected chi connectivity index (χ1v) is 8.56. The van der Waals surface area contributed by atoms with E-state index in [2.05, 4.69) is 48.6 Å². The second kappa shape index (κ2) is 5.72. The van der Waals surface area contributed by atoms with Gasteiger partial charge < -0.3 is 5.32 Å². The minimum Gasteiger partial charge on any atom is -0.308 e. The largest absolute Gasteiger partial charge is 0.308 e. The summed E-state index contributed by atoms with van der Waals surface area (Å²) in [5.41, 5.74) is 1.14. The van der Waals surface area contributed by atoms with Crippen LogP contribution < -0.4 is 5.32 Å². The summed E-state index contributed by atoms with van der Waals surface area (Å²) in [7, 11) is 1.96. The van der Waals surface area contributed by atoms with E-state index in [1.54, 1.807) is 22.7 Å². The SMILES string of the molecule is CNC(c1cc(Br)c(Br)s1)c1scc(C)c1Cl. The van der Waals surface area contributed by atoms with Crippen molar-refractivity contribution in [2.24, 2.45) is 0 Å². The van der Waals surface area contributed by atoms with Crippen LogP contribution in [0.4, 0.5) is 0 Å². The van der Waals surface area contributed by atoms with Gasteiger partial charge in [0.1, 0.15) is 0 Å². The highest BCUT2D eigenvalue weighted by atomic mass is 79.9. The molecule has 1 unspecified atom stereocenters. The third kappa shape index (κ3) is 2.80. The number of halogens is 3. The summed E-state index contributed by atoms with van der Waals surface area (Å²) >= 11 is 16.8. The summed E-state index contributed by atoms with van der Waals surface area (Å²) < 4.78 is 2.19. The van der Waals surface area contributed by atoms with Crippen LogP contribution in [0.15, 0.2) is 19.7 Å². The lowest BCUT2D eigenvalue weighted by molar-refractivity contribution is 0.716. The van der Waals surface area contributed by atoms with E-state index < -0.39 is 0 Å². The van der Waals surface area contributed by atoms with Gasteiger partial charge in [-0.05, 0) is 62.8 Å². The maximum absolute atomic E-state index is 6.33. The molecule has 0 aliphatic carbocycles. The zero-order valence-electron chi connectivity index (χ0n) is 9.18. The lowest BCUT2D eigenvalue weighted by Crippen LogP contribution is -2.15. The van der Waals surface area contributed by atoms with E-state index in [0.29, 0.717) is 0 Å². The minimum atomic E-state index is 0.161. The molecule has 0 saturated carbocycles. The van der Waals surface area contributed by atoms with Gasteiger partial charge in [0.05, 0.1) is 14.9 Å². The number of thiophene rings is 2.